The van der Waals surface area contributed by atoms with Gasteiger partial charge in [0.05, 0.1) is 6.61 Å². The standard InChI is InChI=1S/C22H33FN4O2S.HI/c1-3-29-20-9-4-16(14-19(20)23)15-25-22(24-2)26-18-7-5-17(6-8-18)21(28)27-10-12-30-13-11-27;/h4,9,14,17-18H,3,5-8,10-13,15H2,1-2H3,(H2,24,25,26);1H. The molecule has 1 saturated carbocycles. The van der Waals surface area contributed by atoms with E-state index in [9.17, 15) is 9.18 Å². The molecular formula is C22H34FIN4O2S. The molecule has 2 N–H and O–H groups in total. The van der Waals surface area contributed by atoms with E-state index in [2.05, 4.69) is 15.6 Å². The molecule has 0 atom stereocenters. The molecule has 9 heteroatoms. The van der Waals surface area contributed by atoms with Crippen LogP contribution in [0, 0.1) is 11.7 Å². The van der Waals surface area contributed by atoms with Crippen molar-refractivity contribution < 1.29 is 13.9 Å². The fourth-order valence-corrected chi connectivity index (χ4v) is 4.93. The first-order chi connectivity index (χ1) is 14.6. The topological polar surface area (TPSA) is 66.0 Å². The van der Waals surface area contributed by atoms with Crippen molar-refractivity contribution in [2.24, 2.45) is 10.9 Å². The van der Waals surface area contributed by atoms with Crippen molar-refractivity contribution in [3.05, 3.63) is 29.6 Å². The molecule has 0 unspecified atom stereocenters. The van der Waals surface area contributed by atoms with Crippen LogP contribution < -0.4 is 15.4 Å². The number of aliphatic imine (C=N–C) groups is 1. The number of carbonyl (C=O) groups excluding carboxylic acids is 1. The predicted octanol–water partition coefficient (Wildman–Crippen LogP) is 3.64. The zero-order chi connectivity index (χ0) is 21.3. The summed E-state index contributed by atoms with van der Waals surface area (Å²) in [5.74, 6) is 3.24. The summed E-state index contributed by atoms with van der Waals surface area (Å²) < 4.78 is 19.3. The molecule has 2 fully saturated rings. The highest BCUT2D eigenvalue weighted by Crippen LogP contribution is 2.27. The summed E-state index contributed by atoms with van der Waals surface area (Å²) in [6.45, 7) is 4.54. The molecule has 1 aliphatic carbocycles. The molecule has 6 nitrogen and oxygen atoms in total. The maximum Gasteiger partial charge on any atom is 0.225 e. The monoisotopic (exact) mass is 564 g/mol. The van der Waals surface area contributed by atoms with Crippen LogP contribution in [0.25, 0.3) is 0 Å². The summed E-state index contributed by atoms with van der Waals surface area (Å²) in [6.07, 6.45) is 3.75. The molecule has 174 valence electrons. The number of nitrogens with one attached hydrogen (secondary N) is 2. The van der Waals surface area contributed by atoms with Crippen LogP contribution in [-0.2, 0) is 11.3 Å². The fraction of sp³-hybridized carbons (Fsp3) is 0.636. The van der Waals surface area contributed by atoms with Crippen molar-refractivity contribution >= 4 is 47.6 Å². The van der Waals surface area contributed by atoms with E-state index < -0.39 is 0 Å². The molecule has 0 spiro atoms. The third-order valence-corrected chi connectivity index (χ3v) is 6.66. The maximum atomic E-state index is 14.0. The van der Waals surface area contributed by atoms with Crippen LogP contribution in [0.4, 0.5) is 4.39 Å². The highest BCUT2D eigenvalue weighted by molar-refractivity contribution is 14.0. The first kappa shape index (κ1) is 26.0. The number of ether oxygens (including phenoxy) is 1. The number of carbonyl (C=O) groups is 1. The molecule has 1 aliphatic heterocycles. The van der Waals surface area contributed by atoms with Gasteiger partial charge in [-0.1, -0.05) is 6.07 Å². The number of guanidine groups is 1. The molecule has 1 aromatic carbocycles. The van der Waals surface area contributed by atoms with Crippen LogP contribution in [0.2, 0.25) is 0 Å². The third kappa shape index (κ3) is 7.69. The van der Waals surface area contributed by atoms with Crippen LogP contribution >= 0.6 is 35.7 Å². The normalized spacial score (nSPS) is 21.8. The van der Waals surface area contributed by atoms with E-state index in [0.717, 1.165) is 55.8 Å². The zero-order valence-corrected chi connectivity index (χ0v) is 21.5. The van der Waals surface area contributed by atoms with Crippen LogP contribution in [-0.4, -0.2) is 61.1 Å². The molecule has 2 aliphatic rings. The summed E-state index contributed by atoms with van der Waals surface area (Å²) in [4.78, 5) is 19.1. The Hall–Kier alpha value is -1.23. The first-order valence-corrected chi connectivity index (χ1v) is 12.0. The lowest BCUT2D eigenvalue weighted by atomic mass is 9.85. The summed E-state index contributed by atoms with van der Waals surface area (Å²) >= 11 is 1.93. The minimum Gasteiger partial charge on any atom is -0.491 e. The van der Waals surface area contributed by atoms with E-state index in [0.29, 0.717) is 31.1 Å². The SMILES string of the molecule is CCOc1ccc(CNC(=NC)NC2CCC(C(=O)N3CCSCC3)CC2)cc1F.I. The number of hydrogen-bond acceptors (Lipinski definition) is 4. The lowest BCUT2D eigenvalue weighted by molar-refractivity contribution is -0.136. The number of rotatable bonds is 6. The Kier molecular flexibility index (Phi) is 11.2. The Bertz CT molecular complexity index is 738. The summed E-state index contributed by atoms with van der Waals surface area (Å²) in [5.41, 5.74) is 0.827. The van der Waals surface area contributed by atoms with Gasteiger partial charge in [0.1, 0.15) is 0 Å². The highest BCUT2D eigenvalue weighted by atomic mass is 127. The fourth-order valence-electron chi connectivity index (χ4n) is 4.03. The number of thioether (sulfide) groups is 1. The molecule has 31 heavy (non-hydrogen) atoms. The quantitative estimate of drug-likeness (QED) is 0.314. The van der Waals surface area contributed by atoms with Gasteiger partial charge in [0.25, 0.3) is 0 Å². The Morgan fingerprint density at radius 2 is 1.97 bits per heavy atom. The molecule has 3 rings (SSSR count). The third-order valence-electron chi connectivity index (χ3n) is 5.72. The smallest absolute Gasteiger partial charge is 0.225 e. The van der Waals surface area contributed by atoms with Crippen LogP contribution in [0.3, 0.4) is 0 Å². The largest absolute Gasteiger partial charge is 0.491 e. The van der Waals surface area contributed by atoms with Gasteiger partial charge in [0.2, 0.25) is 5.91 Å². The second kappa shape index (κ2) is 13.3. The Morgan fingerprint density at radius 1 is 1.26 bits per heavy atom. The predicted molar refractivity (Wildman–Crippen MR) is 136 cm³/mol. The summed E-state index contributed by atoms with van der Waals surface area (Å²) in [5, 5.41) is 6.70. The van der Waals surface area contributed by atoms with Crippen molar-refractivity contribution in [3.8, 4) is 5.75 Å². The molecule has 0 aromatic heterocycles. The highest BCUT2D eigenvalue weighted by Gasteiger charge is 2.30. The van der Waals surface area contributed by atoms with Crippen LogP contribution in [0.5, 0.6) is 5.75 Å². The van der Waals surface area contributed by atoms with E-state index in [1.54, 1.807) is 13.1 Å². The Morgan fingerprint density at radius 3 is 2.58 bits per heavy atom. The molecule has 1 saturated heterocycles. The maximum absolute atomic E-state index is 14.0. The van der Waals surface area contributed by atoms with Crippen molar-refractivity contribution in [1.29, 1.82) is 0 Å². The molecule has 1 amide bonds. The van der Waals surface area contributed by atoms with Gasteiger partial charge in [-0.3, -0.25) is 9.79 Å². The number of benzene rings is 1. The average Bonchev–Trinajstić information content (AvgIpc) is 2.79. The molecular weight excluding hydrogens is 530 g/mol. The van der Waals surface area contributed by atoms with E-state index in [1.807, 2.05) is 29.7 Å². The van der Waals surface area contributed by atoms with Crippen molar-refractivity contribution in [3.63, 3.8) is 0 Å². The van der Waals surface area contributed by atoms with Gasteiger partial charge in [-0.2, -0.15) is 11.8 Å². The second-order valence-corrected chi connectivity index (χ2v) is 8.98. The van der Waals surface area contributed by atoms with E-state index >= 15 is 0 Å². The summed E-state index contributed by atoms with van der Waals surface area (Å²) in [7, 11) is 1.73. The molecule has 1 aromatic rings. The van der Waals surface area contributed by atoms with Gasteiger partial charge in [0, 0.05) is 50.1 Å². The van der Waals surface area contributed by atoms with Gasteiger partial charge < -0.3 is 20.3 Å². The van der Waals surface area contributed by atoms with Gasteiger partial charge >= 0.3 is 0 Å². The second-order valence-electron chi connectivity index (χ2n) is 7.75. The summed E-state index contributed by atoms with van der Waals surface area (Å²) in [6, 6.07) is 5.30. The number of halogens is 2. The van der Waals surface area contributed by atoms with Crippen molar-refractivity contribution in [2.75, 3.05) is 38.2 Å². The van der Waals surface area contributed by atoms with Crippen molar-refractivity contribution in [1.82, 2.24) is 15.5 Å². The first-order valence-electron chi connectivity index (χ1n) is 10.9. The van der Waals surface area contributed by atoms with Crippen LogP contribution in [0.15, 0.2) is 23.2 Å². The minimum absolute atomic E-state index is 0. The lowest BCUT2D eigenvalue weighted by Crippen LogP contribution is -2.47. The molecule has 0 radical (unpaired) electrons. The number of amides is 1. The Labute approximate surface area is 206 Å². The van der Waals surface area contributed by atoms with E-state index in [4.69, 9.17) is 4.74 Å². The lowest BCUT2D eigenvalue weighted by Gasteiger charge is -2.34. The molecule has 0 bridgehead atoms. The van der Waals surface area contributed by atoms with Gasteiger partial charge in [0.15, 0.2) is 17.5 Å². The number of hydrogen-bond donors (Lipinski definition) is 2. The zero-order valence-electron chi connectivity index (χ0n) is 18.4. The minimum atomic E-state index is -0.352. The van der Waals surface area contributed by atoms with Gasteiger partial charge in [-0.25, -0.2) is 4.39 Å². The van der Waals surface area contributed by atoms with Gasteiger partial charge in [-0.15, -0.1) is 24.0 Å². The van der Waals surface area contributed by atoms with E-state index in [1.165, 1.54) is 6.07 Å². The van der Waals surface area contributed by atoms with E-state index in [-0.39, 0.29) is 41.5 Å². The molecule has 1 heterocycles. The Balaban J connectivity index is 0.00000341. The van der Waals surface area contributed by atoms with Gasteiger partial charge in [-0.05, 0) is 50.3 Å². The van der Waals surface area contributed by atoms with Crippen LogP contribution in [0.1, 0.15) is 38.2 Å². The average molecular weight is 565 g/mol. The number of nitrogens with zero attached hydrogens (tertiary/aromatic N) is 2. The van der Waals surface area contributed by atoms with Crippen molar-refractivity contribution in [2.45, 2.75) is 45.2 Å².